The second-order valence-corrected chi connectivity index (χ2v) is 5.81. The van der Waals surface area contributed by atoms with Crippen LogP contribution in [-0.4, -0.2) is 21.4 Å². The lowest BCUT2D eigenvalue weighted by Crippen LogP contribution is -2.22. The molecule has 2 aromatic rings. The highest BCUT2D eigenvalue weighted by Gasteiger charge is 2.18. The first kappa shape index (κ1) is 18.4. The molecule has 7 heteroatoms. The normalized spacial score (nSPS) is 11.0. The van der Waals surface area contributed by atoms with Gasteiger partial charge in [0.1, 0.15) is 11.6 Å². The molecule has 1 aromatic heterocycles. The van der Waals surface area contributed by atoms with Gasteiger partial charge in [-0.3, -0.25) is 9.36 Å². The van der Waals surface area contributed by atoms with E-state index < -0.39 is 11.4 Å². The molecule has 0 amide bonds. The largest absolute Gasteiger partial charge is 0.493 e. The summed E-state index contributed by atoms with van der Waals surface area (Å²) in [4.78, 5) is 12.6. The fourth-order valence-corrected chi connectivity index (χ4v) is 2.51. The van der Waals surface area contributed by atoms with Crippen molar-refractivity contribution >= 4 is 11.4 Å². The summed E-state index contributed by atoms with van der Waals surface area (Å²) in [6.45, 7) is 5.36. The van der Waals surface area contributed by atoms with Gasteiger partial charge in [-0.15, -0.1) is 5.11 Å². The average Bonchev–Trinajstić information content (AvgIpc) is 2.56. The van der Waals surface area contributed by atoms with Crippen LogP contribution < -0.4 is 5.56 Å². The van der Waals surface area contributed by atoms with Crippen molar-refractivity contribution in [1.29, 1.82) is 5.26 Å². The summed E-state index contributed by atoms with van der Waals surface area (Å²) in [7, 11) is 0. The van der Waals surface area contributed by atoms with E-state index in [1.807, 2.05) is 32.0 Å². The molecule has 0 radical (unpaired) electrons. The Bertz CT molecular complexity index is 923. The van der Waals surface area contributed by atoms with Crippen LogP contribution in [0.5, 0.6) is 5.88 Å². The van der Waals surface area contributed by atoms with Gasteiger partial charge in [0, 0.05) is 18.7 Å². The Hall–Kier alpha value is -2.98. The summed E-state index contributed by atoms with van der Waals surface area (Å²) in [5.41, 5.74) is 2.35. The molecule has 0 saturated heterocycles. The predicted molar refractivity (Wildman–Crippen MR) is 93.6 cm³/mol. The molecule has 0 unspecified atom stereocenters. The van der Waals surface area contributed by atoms with Crippen LogP contribution in [0, 0.1) is 32.1 Å². The highest BCUT2D eigenvalue weighted by Crippen LogP contribution is 2.28. The Balaban J connectivity index is 2.58. The number of benzene rings is 1. The second kappa shape index (κ2) is 7.73. The van der Waals surface area contributed by atoms with Gasteiger partial charge in [-0.05, 0) is 38.8 Å². The summed E-state index contributed by atoms with van der Waals surface area (Å²) < 4.78 is 1.04. The van der Waals surface area contributed by atoms with Gasteiger partial charge in [-0.25, -0.2) is 0 Å². The third-order valence-corrected chi connectivity index (χ3v) is 3.92. The van der Waals surface area contributed by atoms with E-state index in [1.54, 1.807) is 13.0 Å². The maximum Gasteiger partial charge on any atom is 0.281 e. The third kappa shape index (κ3) is 3.75. The fraction of sp³-hybridized carbons (Fsp3) is 0.333. The molecular weight excluding hydrogens is 320 g/mol. The number of pyridine rings is 1. The zero-order valence-corrected chi connectivity index (χ0v) is 14.4. The third-order valence-electron chi connectivity index (χ3n) is 3.92. The van der Waals surface area contributed by atoms with Crippen molar-refractivity contribution in [2.24, 2.45) is 10.2 Å². The van der Waals surface area contributed by atoms with Crippen LogP contribution in [0.25, 0.3) is 0 Å². The molecule has 7 nitrogen and oxygen atoms in total. The Morgan fingerprint density at radius 1 is 1.24 bits per heavy atom. The zero-order chi connectivity index (χ0) is 18.6. The van der Waals surface area contributed by atoms with Crippen LogP contribution in [0.1, 0.15) is 28.7 Å². The molecule has 0 bridgehead atoms. The van der Waals surface area contributed by atoms with Crippen molar-refractivity contribution in [2.75, 3.05) is 6.61 Å². The van der Waals surface area contributed by atoms with E-state index in [2.05, 4.69) is 10.2 Å². The molecule has 0 aliphatic rings. The molecule has 2 rings (SSSR count). The van der Waals surface area contributed by atoms with Gasteiger partial charge in [-0.1, -0.05) is 17.7 Å². The van der Waals surface area contributed by atoms with Gasteiger partial charge in [-0.2, -0.15) is 10.4 Å². The number of nitrogens with zero attached hydrogens (tertiary/aromatic N) is 4. The molecule has 1 heterocycles. The standard InChI is InChI=1S/C18H20N4O3/c1-11-5-6-15(12(2)9-11)20-21-16-13(3)14(10-19)17(24)22(18(16)25)7-4-8-23/h5-6,9,23-24H,4,7-8H2,1-3H3. The van der Waals surface area contributed by atoms with Gasteiger partial charge in [0.2, 0.25) is 5.88 Å². The van der Waals surface area contributed by atoms with Crippen molar-refractivity contribution in [3.05, 3.63) is 50.8 Å². The smallest absolute Gasteiger partial charge is 0.281 e. The van der Waals surface area contributed by atoms with Crippen LogP contribution in [0.15, 0.2) is 33.2 Å². The number of azo groups is 1. The van der Waals surface area contributed by atoms with E-state index in [1.165, 1.54) is 0 Å². The molecule has 25 heavy (non-hydrogen) atoms. The van der Waals surface area contributed by atoms with Gasteiger partial charge in [0.05, 0.1) is 5.69 Å². The molecule has 2 N–H and O–H groups in total. The van der Waals surface area contributed by atoms with Crippen LogP contribution in [0.4, 0.5) is 11.4 Å². The van der Waals surface area contributed by atoms with Crippen molar-refractivity contribution in [2.45, 2.75) is 33.7 Å². The summed E-state index contributed by atoms with van der Waals surface area (Å²) in [6, 6.07) is 7.55. The number of aryl methyl sites for hydroxylation is 2. The van der Waals surface area contributed by atoms with Crippen molar-refractivity contribution in [1.82, 2.24) is 4.57 Å². The van der Waals surface area contributed by atoms with Crippen LogP contribution in [-0.2, 0) is 6.54 Å². The molecule has 0 aliphatic carbocycles. The molecule has 0 atom stereocenters. The van der Waals surface area contributed by atoms with Crippen LogP contribution in [0.2, 0.25) is 0 Å². The SMILES string of the molecule is Cc1ccc(N=Nc2c(C)c(C#N)c(O)n(CCCO)c2=O)c(C)c1. The Morgan fingerprint density at radius 2 is 1.96 bits per heavy atom. The van der Waals surface area contributed by atoms with Crippen molar-refractivity contribution < 1.29 is 10.2 Å². The Morgan fingerprint density at radius 3 is 2.56 bits per heavy atom. The van der Waals surface area contributed by atoms with E-state index in [0.717, 1.165) is 15.7 Å². The van der Waals surface area contributed by atoms with Crippen molar-refractivity contribution in [3.8, 4) is 11.9 Å². The van der Waals surface area contributed by atoms with E-state index in [-0.39, 0.29) is 36.4 Å². The number of hydrogen-bond acceptors (Lipinski definition) is 6. The number of rotatable bonds is 5. The topological polar surface area (TPSA) is 111 Å². The lowest BCUT2D eigenvalue weighted by Gasteiger charge is -2.12. The highest BCUT2D eigenvalue weighted by atomic mass is 16.3. The molecular formula is C18H20N4O3. The molecule has 0 fully saturated rings. The zero-order valence-electron chi connectivity index (χ0n) is 14.4. The van der Waals surface area contributed by atoms with Crippen LogP contribution in [0.3, 0.4) is 0 Å². The maximum atomic E-state index is 12.6. The van der Waals surface area contributed by atoms with E-state index in [9.17, 15) is 15.2 Å². The maximum absolute atomic E-state index is 12.6. The van der Waals surface area contributed by atoms with Gasteiger partial charge in [0.25, 0.3) is 5.56 Å². The number of hydrogen-bond donors (Lipinski definition) is 2. The molecule has 130 valence electrons. The number of nitriles is 1. The van der Waals surface area contributed by atoms with Crippen molar-refractivity contribution in [3.63, 3.8) is 0 Å². The molecule has 1 aromatic carbocycles. The lowest BCUT2D eigenvalue weighted by molar-refractivity contribution is 0.274. The number of aromatic hydroxyl groups is 1. The molecule has 0 saturated carbocycles. The fourth-order valence-electron chi connectivity index (χ4n) is 2.51. The molecule has 0 spiro atoms. The Labute approximate surface area is 145 Å². The first-order chi connectivity index (χ1) is 11.9. The highest BCUT2D eigenvalue weighted by molar-refractivity contribution is 5.57. The monoisotopic (exact) mass is 340 g/mol. The summed E-state index contributed by atoms with van der Waals surface area (Å²) in [6.07, 6.45) is 0.273. The van der Waals surface area contributed by atoms with Gasteiger partial charge >= 0.3 is 0 Å². The number of aromatic nitrogens is 1. The quantitative estimate of drug-likeness (QED) is 0.814. The summed E-state index contributed by atoms with van der Waals surface area (Å²) >= 11 is 0. The average molecular weight is 340 g/mol. The Kier molecular flexibility index (Phi) is 5.67. The summed E-state index contributed by atoms with van der Waals surface area (Å²) in [5.74, 6) is -0.413. The minimum absolute atomic E-state index is 0.00673. The van der Waals surface area contributed by atoms with E-state index in [0.29, 0.717) is 5.69 Å². The summed E-state index contributed by atoms with van der Waals surface area (Å²) in [5, 5.41) is 36.6. The second-order valence-electron chi connectivity index (χ2n) is 5.81. The van der Waals surface area contributed by atoms with Gasteiger partial charge < -0.3 is 10.2 Å². The van der Waals surface area contributed by atoms with E-state index >= 15 is 0 Å². The minimum atomic E-state index is -0.545. The van der Waals surface area contributed by atoms with E-state index in [4.69, 9.17) is 5.11 Å². The molecule has 0 aliphatic heterocycles. The first-order valence-corrected chi connectivity index (χ1v) is 7.87. The minimum Gasteiger partial charge on any atom is -0.493 e. The van der Waals surface area contributed by atoms with Crippen LogP contribution >= 0.6 is 0 Å². The lowest BCUT2D eigenvalue weighted by atomic mass is 10.1. The van der Waals surface area contributed by atoms with Gasteiger partial charge in [0.15, 0.2) is 5.69 Å². The number of aliphatic hydroxyl groups excluding tert-OH is 1. The number of aliphatic hydroxyl groups is 1. The first-order valence-electron chi connectivity index (χ1n) is 7.87. The predicted octanol–water partition coefficient (Wildman–Crippen LogP) is 3.15.